The quantitative estimate of drug-likeness (QED) is 0.841. The van der Waals surface area contributed by atoms with E-state index in [-0.39, 0.29) is 0 Å². The van der Waals surface area contributed by atoms with Gasteiger partial charge in [-0.2, -0.15) is 0 Å². The molecule has 0 aromatic rings. The molecule has 2 rings (SSSR count). The molecular formula is C17H34N2. The van der Waals surface area contributed by atoms with Gasteiger partial charge in [-0.25, -0.2) is 0 Å². The third-order valence-electron chi connectivity index (χ3n) is 5.09. The molecule has 0 aromatic carbocycles. The van der Waals surface area contributed by atoms with Gasteiger partial charge in [0.2, 0.25) is 0 Å². The molecule has 2 nitrogen and oxygen atoms in total. The molecule has 1 saturated heterocycles. The van der Waals surface area contributed by atoms with E-state index in [9.17, 15) is 0 Å². The zero-order chi connectivity index (χ0) is 14.1. The van der Waals surface area contributed by atoms with Gasteiger partial charge in [0, 0.05) is 6.04 Å². The summed E-state index contributed by atoms with van der Waals surface area (Å²) in [5.41, 5.74) is 1.01. The summed E-state index contributed by atoms with van der Waals surface area (Å²) in [6, 6.07) is 0.735. The lowest BCUT2D eigenvalue weighted by Crippen LogP contribution is -2.46. The smallest absolute Gasteiger partial charge is 0.00773 e. The van der Waals surface area contributed by atoms with Crippen LogP contribution in [-0.4, -0.2) is 37.6 Å². The lowest BCUT2D eigenvalue weighted by atomic mass is 9.63. The highest BCUT2D eigenvalue weighted by molar-refractivity contribution is 4.92. The van der Waals surface area contributed by atoms with Crippen LogP contribution in [0.3, 0.4) is 0 Å². The van der Waals surface area contributed by atoms with Crippen molar-refractivity contribution in [3.8, 4) is 0 Å². The van der Waals surface area contributed by atoms with Crippen molar-refractivity contribution in [1.82, 2.24) is 10.2 Å². The van der Waals surface area contributed by atoms with Crippen LogP contribution in [0, 0.1) is 16.7 Å². The molecule has 112 valence electrons. The Hall–Kier alpha value is -0.0800. The van der Waals surface area contributed by atoms with Gasteiger partial charge in [-0.05, 0) is 75.5 Å². The third kappa shape index (κ3) is 4.75. The van der Waals surface area contributed by atoms with E-state index in [0.29, 0.717) is 10.8 Å². The maximum atomic E-state index is 3.90. The van der Waals surface area contributed by atoms with Gasteiger partial charge in [-0.1, -0.05) is 27.7 Å². The van der Waals surface area contributed by atoms with Crippen molar-refractivity contribution in [2.45, 2.75) is 65.8 Å². The molecule has 0 spiro atoms. The van der Waals surface area contributed by atoms with Gasteiger partial charge in [0.05, 0.1) is 0 Å². The summed E-state index contributed by atoms with van der Waals surface area (Å²) in [6.07, 6.45) is 6.82. The monoisotopic (exact) mass is 266 g/mol. The minimum Gasteiger partial charge on any atom is -0.314 e. The highest BCUT2D eigenvalue weighted by Crippen LogP contribution is 2.45. The summed E-state index contributed by atoms with van der Waals surface area (Å²) in [7, 11) is 2.25. The molecule has 0 amide bonds. The molecule has 0 aromatic heterocycles. The van der Waals surface area contributed by atoms with Crippen LogP contribution in [0.15, 0.2) is 0 Å². The van der Waals surface area contributed by atoms with Crippen molar-refractivity contribution < 1.29 is 0 Å². The first-order valence-electron chi connectivity index (χ1n) is 8.18. The van der Waals surface area contributed by atoms with Gasteiger partial charge >= 0.3 is 0 Å². The largest absolute Gasteiger partial charge is 0.314 e. The maximum Gasteiger partial charge on any atom is 0.00773 e. The highest BCUT2D eigenvalue weighted by atomic mass is 15.1. The van der Waals surface area contributed by atoms with Crippen LogP contribution in [0.1, 0.15) is 59.8 Å². The average Bonchev–Trinajstić information content (AvgIpc) is 2.24. The van der Waals surface area contributed by atoms with Crippen LogP contribution in [0.25, 0.3) is 0 Å². The van der Waals surface area contributed by atoms with Gasteiger partial charge in [0.25, 0.3) is 0 Å². The molecule has 2 fully saturated rings. The first kappa shape index (κ1) is 15.3. The molecule has 1 N–H and O–H groups in total. The molecule has 1 aliphatic heterocycles. The van der Waals surface area contributed by atoms with E-state index < -0.39 is 0 Å². The van der Waals surface area contributed by atoms with Gasteiger partial charge < -0.3 is 10.2 Å². The number of rotatable bonds is 3. The summed E-state index contributed by atoms with van der Waals surface area (Å²) in [5, 5.41) is 3.90. The summed E-state index contributed by atoms with van der Waals surface area (Å²) < 4.78 is 0. The minimum absolute atomic E-state index is 0.506. The Morgan fingerprint density at radius 3 is 2.05 bits per heavy atom. The zero-order valence-electron chi connectivity index (χ0n) is 13.8. The zero-order valence-corrected chi connectivity index (χ0v) is 13.8. The average molecular weight is 266 g/mol. The van der Waals surface area contributed by atoms with Gasteiger partial charge in [-0.15, -0.1) is 0 Å². The van der Waals surface area contributed by atoms with Gasteiger partial charge in [-0.3, -0.25) is 0 Å². The van der Waals surface area contributed by atoms with Crippen molar-refractivity contribution in [1.29, 1.82) is 0 Å². The van der Waals surface area contributed by atoms with Crippen molar-refractivity contribution in [2.24, 2.45) is 16.7 Å². The van der Waals surface area contributed by atoms with E-state index in [1.807, 2.05) is 0 Å². The molecule has 1 saturated carbocycles. The van der Waals surface area contributed by atoms with Crippen molar-refractivity contribution >= 4 is 0 Å². The number of nitrogens with zero attached hydrogens (tertiary/aromatic N) is 1. The topological polar surface area (TPSA) is 15.3 Å². The van der Waals surface area contributed by atoms with E-state index in [2.05, 4.69) is 45.0 Å². The second kappa shape index (κ2) is 5.73. The van der Waals surface area contributed by atoms with Crippen LogP contribution in [-0.2, 0) is 0 Å². The van der Waals surface area contributed by atoms with E-state index in [1.165, 1.54) is 51.7 Å². The summed E-state index contributed by atoms with van der Waals surface area (Å²) in [6.45, 7) is 13.6. The fourth-order valence-corrected chi connectivity index (χ4v) is 4.59. The van der Waals surface area contributed by atoms with Crippen LogP contribution in [0.2, 0.25) is 0 Å². The molecule has 0 radical (unpaired) electrons. The number of hydrogen-bond acceptors (Lipinski definition) is 2. The van der Waals surface area contributed by atoms with E-state index in [1.54, 1.807) is 0 Å². The van der Waals surface area contributed by atoms with Crippen LogP contribution in [0.5, 0.6) is 0 Å². The Morgan fingerprint density at radius 2 is 1.53 bits per heavy atom. The lowest BCUT2D eigenvalue weighted by molar-refractivity contribution is 0.0813. The third-order valence-corrected chi connectivity index (χ3v) is 5.09. The summed E-state index contributed by atoms with van der Waals surface area (Å²) in [4.78, 5) is 2.46. The molecule has 1 aliphatic carbocycles. The SMILES string of the molecule is CN1CCC(CNC2CC(C)(C)CC(C)(C)C2)CC1. The Bertz CT molecular complexity index is 272. The van der Waals surface area contributed by atoms with Crippen molar-refractivity contribution in [3.63, 3.8) is 0 Å². The number of piperidine rings is 1. The standard InChI is InChI=1S/C17H34N2/c1-16(2)10-15(11-17(3,4)13-16)18-12-14-6-8-19(5)9-7-14/h14-15,18H,6-13H2,1-5H3. The number of likely N-dealkylation sites (tertiary alicyclic amines) is 1. The van der Waals surface area contributed by atoms with Crippen molar-refractivity contribution in [3.05, 3.63) is 0 Å². The van der Waals surface area contributed by atoms with Crippen LogP contribution < -0.4 is 5.32 Å². The number of hydrogen-bond donors (Lipinski definition) is 1. The Kier molecular flexibility index (Phi) is 4.62. The molecule has 2 aliphatic rings. The fourth-order valence-electron chi connectivity index (χ4n) is 4.59. The summed E-state index contributed by atoms with van der Waals surface area (Å²) >= 11 is 0. The predicted octanol–water partition coefficient (Wildman–Crippen LogP) is 3.52. The fraction of sp³-hybridized carbons (Fsp3) is 1.00. The van der Waals surface area contributed by atoms with Crippen LogP contribution >= 0.6 is 0 Å². The Morgan fingerprint density at radius 1 is 1.00 bits per heavy atom. The lowest BCUT2D eigenvalue weighted by Gasteiger charge is -2.45. The predicted molar refractivity (Wildman–Crippen MR) is 83.4 cm³/mol. The molecule has 0 unspecified atom stereocenters. The Balaban J connectivity index is 1.79. The minimum atomic E-state index is 0.506. The first-order valence-corrected chi connectivity index (χ1v) is 8.18. The molecular weight excluding hydrogens is 232 g/mol. The first-order chi connectivity index (χ1) is 8.76. The van der Waals surface area contributed by atoms with E-state index >= 15 is 0 Å². The summed E-state index contributed by atoms with van der Waals surface area (Å²) in [5.74, 6) is 0.907. The van der Waals surface area contributed by atoms with E-state index in [4.69, 9.17) is 0 Å². The Labute approximate surface area is 120 Å². The normalized spacial score (nSPS) is 29.5. The molecule has 2 heteroatoms. The molecule has 19 heavy (non-hydrogen) atoms. The maximum absolute atomic E-state index is 3.90. The van der Waals surface area contributed by atoms with Gasteiger partial charge in [0.15, 0.2) is 0 Å². The highest BCUT2D eigenvalue weighted by Gasteiger charge is 2.38. The second-order valence-electron chi connectivity index (χ2n) is 8.77. The van der Waals surface area contributed by atoms with Crippen LogP contribution in [0.4, 0.5) is 0 Å². The van der Waals surface area contributed by atoms with E-state index in [0.717, 1.165) is 12.0 Å². The molecule has 0 bridgehead atoms. The molecule has 0 atom stereocenters. The van der Waals surface area contributed by atoms with Gasteiger partial charge in [0.1, 0.15) is 0 Å². The van der Waals surface area contributed by atoms with Crippen molar-refractivity contribution in [2.75, 3.05) is 26.7 Å². The number of nitrogens with one attached hydrogen (secondary N) is 1. The molecule has 1 heterocycles. The second-order valence-corrected chi connectivity index (χ2v) is 8.77.